The molecule has 1 aliphatic rings. The Morgan fingerprint density at radius 1 is 1.31 bits per heavy atom. The molecule has 1 fully saturated rings. The number of alkyl halides is 1. The summed E-state index contributed by atoms with van der Waals surface area (Å²) in [6.07, 6.45) is 6.27. The lowest BCUT2D eigenvalue weighted by Crippen LogP contribution is -2.46. The van der Waals surface area contributed by atoms with Gasteiger partial charge in [-0.15, -0.1) is 11.6 Å². The molecule has 134 valence electrons. The maximum atomic E-state index is 12.2. The van der Waals surface area contributed by atoms with E-state index in [0.717, 1.165) is 6.42 Å². The summed E-state index contributed by atoms with van der Waals surface area (Å²) in [5.41, 5.74) is 0.813. The molecule has 2 aromatic rings. The van der Waals surface area contributed by atoms with Gasteiger partial charge in [0.1, 0.15) is 24.3 Å². The fourth-order valence-electron chi connectivity index (χ4n) is 2.87. The molecule has 0 radical (unpaired) electrons. The van der Waals surface area contributed by atoms with E-state index < -0.39 is 0 Å². The number of rotatable bonds is 4. The minimum absolute atomic E-state index is 0.0743. The molecule has 1 aromatic heterocycles. The zero-order valence-electron chi connectivity index (χ0n) is 13.7. The number of hydrogen-bond donors (Lipinski definition) is 1. The molecule has 1 amide bonds. The number of benzene rings is 1. The van der Waals surface area contributed by atoms with E-state index in [1.807, 2.05) is 6.07 Å². The summed E-state index contributed by atoms with van der Waals surface area (Å²) in [7, 11) is 0. The van der Waals surface area contributed by atoms with E-state index in [1.54, 1.807) is 18.2 Å². The highest BCUT2D eigenvalue weighted by Gasteiger charge is 2.31. The molecule has 0 aliphatic heterocycles. The second-order valence-corrected chi connectivity index (χ2v) is 7.00. The predicted octanol–water partition coefficient (Wildman–Crippen LogP) is 3.34. The Hall–Kier alpha value is -2.36. The molecule has 8 heteroatoms. The second kappa shape index (κ2) is 8.35. The number of carbonyl (C=O) groups is 1. The highest BCUT2D eigenvalue weighted by Crippen LogP contribution is 2.29. The molecule has 0 spiro atoms. The second-order valence-electron chi connectivity index (χ2n) is 6.03. The standard InChI is InChI=1S/C18H16Cl2N4O2/c19-15-5-13(2-1-11(15)7-21)26-14-3-4-17(16(20)6-14)24-18(25)12-8-22-10-23-9-12/h1-2,5,8-10,14,16-17H,3-4,6H2,(H,24,25). The minimum atomic E-state index is -0.254. The molecule has 0 saturated heterocycles. The van der Waals surface area contributed by atoms with E-state index >= 15 is 0 Å². The van der Waals surface area contributed by atoms with Crippen LogP contribution >= 0.6 is 23.2 Å². The number of carbonyl (C=O) groups excluding carboxylic acids is 1. The predicted molar refractivity (Wildman–Crippen MR) is 97.4 cm³/mol. The van der Waals surface area contributed by atoms with Crippen molar-refractivity contribution in [2.24, 2.45) is 0 Å². The average Bonchev–Trinajstić information content (AvgIpc) is 2.65. The van der Waals surface area contributed by atoms with Crippen LogP contribution in [0.2, 0.25) is 5.02 Å². The quantitative estimate of drug-likeness (QED) is 0.808. The van der Waals surface area contributed by atoms with Crippen LogP contribution in [-0.2, 0) is 0 Å². The lowest BCUT2D eigenvalue weighted by atomic mass is 9.92. The van der Waals surface area contributed by atoms with Crippen molar-refractivity contribution in [3.8, 4) is 11.8 Å². The molecule has 3 atom stereocenters. The lowest BCUT2D eigenvalue weighted by molar-refractivity contribution is 0.0896. The normalized spacial score (nSPS) is 22.3. The Labute approximate surface area is 161 Å². The van der Waals surface area contributed by atoms with Gasteiger partial charge in [0.15, 0.2) is 0 Å². The third-order valence-corrected chi connectivity index (χ3v) is 5.02. The molecule has 6 nitrogen and oxygen atoms in total. The van der Waals surface area contributed by atoms with Crippen LogP contribution in [-0.4, -0.2) is 33.4 Å². The lowest BCUT2D eigenvalue weighted by Gasteiger charge is -2.33. The number of nitrogens with zero attached hydrogens (tertiary/aromatic N) is 3. The van der Waals surface area contributed by atoms with Crippen LogP contribution in [0.4, 0.5) is 0 Å². The number of nitriles is 1. The minimum Gasteiger partial charge on any atom is -0.490 e. The Bertz CT molecular complexity index is 826. The van der Waals surface area contributed by atoms with Gasteiger partial charge in [-0.05, 0) is 25.0 Å². The molecule has 1 N–H and O–H groups in total. The highest BCUT2D eigenvalue weighted by molar-refractivity contribution is 6.31. The first-order chi connectivity index (χ1) is 12.6. The van der Waals surface area contributed by atoms with Crippen molar-refractivity contribution >= 4 is 29.1 Å². The Morgan fingerprint density at radius 2 is 2.08 bits per heavy atom. The van der Waals surface area contributed by atoms with Gasteiger partial charge in [-0.2, -0.15) is 5.26 Å². The van der Waals surface area contributed by atoms with E-state index in [4.69, 9.17) is 33.2 Å². The van der Waals surface area contributed by atoms with Gasteiger partial charge in [-0.3, -0.25) is 4.79 Å². The molecular formula is C18H16Cl2N4O2. The van der Waals surface area contributed by atoms with Crippen LogP contribution < -0.4 is 10.1 Å². The SMILES string of the molecule is N#Cc1ccc(OC2CCC(NC(=O)c3cncnc3)C(Cl)C2)cc1Cl. The van der Waals surface area contributed by atoms with E-state index in [9.17, 15) is 4.79 Å². The summed E-state index contributed by atoms with van der Waals surface area (Å²) in [6.45, 7) is 0. The van der Waals surface area contributed by atoms with Crippen LogP contribution in [0.5, 0.6) is 5.75 Å². The maximum absolute atomic E-state index is 12.2. The Balaban J connectivity index is 1.56. The average molecular weight is 391 g/mol. The van der Waals surface area contributed by atoms with Gasteiger partial charge in [0.25, 0.3) is 5.91 Å². The van der Waals surface area contributed by atoms with Crippen molar-refractivity contribution < 1.29 is 9.53 Å². The Morgan fingerprint density at radius 3 is 2.73 bits per heavy atom. The van der Waals surface area contributed by atoms with Gasteiger partial charge in [0, 0.05) is 30.9 Å². The third kappa shape index (κ3) is 4.43. The number of nitrogens with one attached hydrogen (secondary N) is 1. The van der Waals surface area contributed by atoms with Crippen molar-refractivity contribution in [1.82, 2.24) is 15.3 Å². The van der Waals surface area contributed by atoms with E-state index in [0.29, 0.717) is 34.7 Å². The molecule has 1 aromatic carbocycles. The first-order valence-corrected chi connectivity index (χ1v) is 8.94. The molecule has 1 saturated carbocycles. The van der Waals surface area contributed by atoms with Crippen molar-refractivity contribution in [3.63, 3.8) is 0 Å². The molecular weight excluding hydrogens is 375 g/mol. The summed E-state index contributed by atoms with van der Waals surface area (Å²) in [6, 6.07) is 6.85. The van der Waals surface area contributed by atoms with Gasteiger partial charge >= 0.3 is 0 Å². The first-order valence-electron chi connectivity index (χ1n) is 8.13. The summed E-state index contributed by atoms with van der Waals surface area (Å²) in [4.78, 5) is 19.9. The number of aromatic nitrogens is 2. The van der Waals surface area contributed by atoms with E-state index in [-0.39, 0.29) is 23.4 Å². The van der Waals surface area contributed by atoms with Crippen molar-refractivity contribution in [3.05, 3.63) is 53.1 Å². The van der Waals surface area contributed by atoms with Gasteiger partial charge in [-0.25, -0.2) is 9.97 Å². The monoisotopic (exact) mass is 390 g/mol. The Kier molecular flexibility index (Phi) is 5.92. The van der Waals surface area contributed by atoms with Crippen molar-refractivity contribution in [1.29, 1.82) is 5.26 Å². The number of amides is 1. The molecule has 3 unspecified atom stereocenters. The topological polar surface area (TPSA) is 87.9 Å². The van der Waals surface area contributed by atoms with Crippen LogP contribution in [0.1, 0.15) is 35.2 Å². The molecule has 3 rings (SSSR count). The number of halogens is 2. The molecule has 26 heavy (non-hydrogen) atoms. The van der Waals surface area contributed by atoms with Crippen LogP contribution in [0.15, 0.2) is 36.9 Å². The van der Waals surface area contributed by atoms with Crippen LogP contribution in [0.25, 0.3) is 0 Å². The molecule has 1 aliphatic carbocycles. The molecule has 1 heterocycles. The van der Waals surface area contributed by atoms with Gasteiger partial charge < -0.3 is 10.1 Å². The maximum Gasteiger partial charge on any atom is 0.254 e. The van der Waals surface area contributed by atoms with Crippen molar-refractivity contribution in [2.75, 3.05) is 0 Å². The zero-order valence-corrected chi connectivity index (χ0v) is 15.2. The van der Waals surface area contributed by atoms with Gasteiger partial charge in [0.05, 0.1) is 21.5 Å². The van der Waals surface area contributed by atoms with E-state index in [2.05, 4.69) is 15.3 Å². The third-order valence-electron chi connectivity index (χ3n) is 4.23. The molecule has 0 bridgehead atoms. The first kappa shape index (κ1) is 18.4. The summed E-state index contributed by atoms with van der Waals surface area (Å²) >= 11 is 12.5. The summed E-state index contributed by atoms with van der Waals surface area (Å²) < 4.78 is 5.93. The fraction of sp³-hybridized carbons (Fsp3) is 0.333. The number of hydrogen-bond acceptors (Lipinski definition) is 5. The van der Waals surface area contributed by atoms with Crippen LogP contribution in [0, 0.1) is 11.3 Å². The smallest absolute Gasteiger partial charge is 0.254 e. The zero-order chi connectivity index (χ0) is 18.5. The highest BCUT2D eigenvalue weighted by atomic mass is 35.5. The summed E-state index contributed by atoms with van der Waals surface area (Å²) in [5, 5.41) is 11.9. The van der Waals surface area contributed by atoms with Gasteiger partial charge in [0.2, 0.25) is 0 Å². The largest absolute Gasteiger partial charge is 0.490 e. The number of ether oxygens (including phenoxy) is 1. The van der Waals surface area contributed by atoms with Crippen LogP contribution in [0.3, 0.4) is 0 Å². The summed E-state index contributed by atoms with van der Waals surface area (Å²) in [5.74, 6) is 0.367. The van der Waals surface area contributed by atoms with Crippen molar-refractivity contribution in [2.45, 2.75) is 36.8 Å². The van der Waals surface area contributed by atoms with Gasteiger partial charge in [-0.1, -0.05) is 11.6 Å². The fourth-order valence-corrected chi connectivity index (χ4v) is 3.47. The van der Waals surface area contributed by atoms with E-state index in [1.165, 1.54) is 18.7 Å².